The number of thiazole rings is 1. The van der Waals surface area contributed by atoms with Gasteiger partial charge in [0.15, 0.2) is 5.82 Å². The van der Waals surface area contributed by atoms with Crippen molar-refractivity contribution in [1.82, 2.24) is 14.6 Å². The normalized spacial score (nSPS) is 12.0. The zero-order valence-electron chi connectivity index (χ0n) is 14.3. The molecular weight excluding hydrogens is 346 g/mol. The lowest BCUT2D eigenvalue weighted by Gasteiger charge is -2.07. The van der Waals surface area contributed by atoms with E-state index in [4.69, 9.17) is 4.74 Å². The molecule has 4 rings (SSSR count). The van der Waals surface area contributed by atoms with Gasteiger partial charge in [0, 0.05) is 11.1 Å². The van der Waals surface area contributed by atoms with Crippen LogP contribution in [0.1, 0.15) is 18.9 Å². The predicted octanol–water partition coefficient (Wildman–Crippen LogP) is 3.15. The van der Waals surface area contributed by atoms with Crippen LogP contribution < -0.4 is 14.8 Å². The van der Waals surface area contributed by atoms with Crippen LogP contribution in [0.5, 0.6) is 5.75 Å². The Kier molecular flexibility index (Phi) is 4.50. The Morgan fingerprint density at radius 2 is 1.88 bits per heavy atom. The van der Waals surface area contributed by atoms with Crippen LogP contribution in [-0.2, 0) is 0 Å². The van der Waals surface area contributed by atoms with Crippen molar-refractivity contribution in [2.45, 2.75) is 13.3 Å². The molecule has 0 radical (unpaired) electrons. The molecule has 0 fully saturated rings. The third-order valence-electron chi connectivity index (χ3n) is 3.88. The molecule has 26 heavy (non-hydrogen) atoms. The number of ether oxygens (including phenoxy) is 1. The number of hydrogen-bond donors (Lipinski definition) is 0. The van der Waals surface area contributed by atoms with E-state index in [0.717, 1.165) is 23.3 Å². The van der Waals surface area contributed by atoms with Crippen LogP contribution in [0.3, 0.4) is 0 Å². The number of aromatic nitrogens is 3. The van der Waals surface area contributed by atoms with Crippen molar-refractivity contribution in [3.05, 3.63) is 75.0 Å². The van der Waals surface area contributed by atoms with E-state index in [1.807, 2.05) is 60.7 Å². The molecule has 6 heteroatoms. The number of para-hydroxylation sites is 1. The third-order valence-corrected chi connectivity index (χ3v) is 4.84. The summed E-state index contributed by atoms with van der Waals surface area (Å²) in [6.45, 7) is 2.71. The van der Waals surface area contributed by atoms with E-state index in [2.05, 4.69) is 17.0 Å². The molecule has 0 N–H and O–H groups in total. The molecule has 2 aromatic heterocycles. The summed E-state index contributed by atoms with van der Waals surface area (Å²) >= 11 is 1.33. The minimum Gasteiger partial charge on any atom is -0.493 e. The van der Waals surface area contributed by atoms with Crippen molar-refractivity contribution in [1.29, 1.82) is 0 Å². The van der Waals surface area contributed by atoms with Gasteiger partial charge in [-0.3, -0.25) is 4.79 Å². The van der Waals surface area contributed by atoms with Crippen molar-refractivity contribution < 1.29 is 4.74 Å². The standard InChI is InChI=1S/C20H17N3O2S/c1-2-12-25-16-11-7-6-10-15(16)13-17-19(24)23-20(26-17)21-18(22-23)14-8-4-3-5-9-14/h3-11,13H,2,12H2,1H3/b17-13+. The van der Waals surface area contributed by atoms with Gasteiger partial charge in [-0.05, 0) is 18.6 Å². The number of rotatable bonds is 5. The van der Waals surface area contributed by atoms with Crippen LogP contribution in [0.25, 0.3) is 22.4 Å². The lowest BCUT2D eigenvalue weighted by Crippen LogP contribution is -2.23. The van der Waals surface area contributed by atoms with Crippen LogP contribution in [0.15, 0.2) is 59.4 Å². The Labute approximate surface area is 154 Å². The Bertz CT molecular complexity index is 1150. The van der Waals surface area contributed by atoms with Gasteiger partial charge in [-0.2, -0.15) is 9.50 Å². The van der Waals surface area contributed by atoms with Gasteiger partial charge in [-0.1, -0.05) is 66.8 Å². The predicted molar refractivity (Wildman–Crippen MR) is 104 cm³/mol. The molecule has 0 unspecified atom stereocenters. The fraction of sp³-hybridized carbons (Fsp3) is 0.150. The van der Waals surface area contributed by atoms with E-state index >= 15 is 0 Å². The van der Waals surface area contributed by atoms with Gasteiger partial charge in [0.2, 0.25) is 4.96 Å². The zero-order chi connectivity index (χ0) is 17.9. The molecule has 4 aromatic rings. The van der Waals surface area contributed by atoms with Gasteiger partial charge in [0.1, 0.15) is 5.75 Å². The highest BCUT2D eigenvalue weighted by molar-refractivity contribution is 7.15. The number of fused-ring (bicyclic) bond motifs is 1. The summed E-state index contributed by atoms with van der Waals surface area (Å²) in [5, 5.41) is 4.37. The first kappa shape index (κ1) is 16.5. The summed E-state index contributed by atoms with van der Waals surface area (Å²) < 4.78 is 7.72. The fourth-order valence-corrected chi connectivity index (χ4v) is 3.53. The highest BCUT2D eigenvalue weighted by Crippen LogP contribution is 2.19. The summed E-state index contributed by atoms with van der Waals surface area (Å²) in [6.07, 6.45) is 2.77. The van der Waals surface area contributed by atoms with E-state index in [1.54, 1.807) is 0 Å². The molecule has 2 aromatic carbocycles. The molecule has 0 spiro atoms. The fourth-order valence-electron chi connectivity index (χ4n) is 2.63. The average molecular weight is 363 g/mol. The van der Waals surface area contributed by atoms with Gasteiger partial charge in [0.05, 0.1) is 11.1 Å². The van der Waals surface area contributed by atoms with Crippen molar-refractivity contribution in [2.75, 3.05) is 6.61 Å². The summed E-state index contributed by atoms with van der Waals surface area (Å²) in [7, 11) is 0. The van der Waals surface area contributed by atoms with Crippen LogP contribution >= 0.6 is 11.3 Å². The molecule has 2 heterocycles. The second kappa shape index (κ2) is 7.09. The maximum Gasteiger partial charge on any atom is 0.291 e. The number of nitrogens with zero attached hydrogens (tertiary/aromatic N) is 3. The maximum absolute atomic E-state index is 12.7. The van der Waals surface area contributed by atoms with Crippen molar-refractivity contribution in [3.8, 4) is 17.1 Å². The van der Waals surface area contributed by atoms with Gasteiger partial charge in [0.25, 0.3) is 5.56 Å². The summed E-state index contributed by atoms with van der Waals surface area (Å²) in [4.78, 5) is 17.8. The van der Waals surface area contributed by atoms with Crippen LogP contribution in [-0.4, -0.2) is 21.2 Å². The molecule has 130 valence electrons. The first-order valence-corrected chi connectivity index (χ1v) is 9.26. The zero-order valence-corrected chi connectivity index (χ0v) is 15.1. The van der Waals surface area contributed by atoms with Crippen LogP contribution in [0.2, 0.25) is 0 Å². The second-order valence-corrected chi connectivity index (χ2v) is 6.81. The smallest absolute Gasteiger partial charge is 0.291 e. The first-order chi connectivity index (χ1) is 12.8. The molecule has 0 atom stereocenters. The average Bonchev–Trinajstić information content (AvgIpc) is 3.22. The minimum absolute atomic E-state index is 0.162. The van der Waals surface area contributed by atoms with Gasteiger partial charge in [-0.25, -0.2) is 0 Å². The summed E-state index contributed by atoms with van der Waals surface area (Å²) in [5.74, 6) is 1.34. The molecule has 0 saturated carbocycles. The minimum atomic E-state index is -0.162. The number of benzene rings is 2. The molecular formula is C20H17N3O2S. The Balaban J connectivity index is 1.77. The highest BCUT2D eigenvalue weighted by atomic mass is 32.1. The van der Waals surface area contributed by atoms with E-state index in [-0.39, 0.29) is 5.56 Å². The quantitative estimate of drug-likeness (QED) is 0.547. The lowest BCUT2D eigenvalue weighted by atomic mass is 10.2. The van der Waals surface area contributed by atoms with E-state index < -0.39 is 0 Å². The topological polar surface area (TPSA) is 56.5 Å². The molecule has 0 amide bonds. The third kappa shape index (κ3) is 3.11. The van der Waals surface area contributed by atoms with E-state index in [9.17, 15) is 4.79 Å². The molecule has 0 aliphatic carbocycles. The van der Waals surface area contributed by atoms with Gasteiger partial charge >= 0.3 is 0 Å². The van der Waals surface area contributed by atoms with Crippen LogP contribution in [0.4, 0.5) is 0 Å². The molecule has 0 saturated heterocycles. The van der Waals surface area contributed by atoms with Crippen molar-refractivity contribution in [3.63, 3.8) is 0 Å². The summed E-state index contributed by atoms with van der Waals surface area (Å²) in [5.41, 5.74) is 1.61. The highest BCUT2D eigenvalue weighted by Gasteiger charge is 2.12. The largest absolute Gasteiger partial charge is 0.493 e. The van der Waals surface area contributed by atoms with Crippen LogP contribution in [0, 0.1) is 0 Å². The lowest BCUT2D eigenvalue weighted by molar-refractivity contribution is 0.317. The second-order valence-electron chi connectivity index (χ2n) is 5.80. The van der Waals surface area contributed by atoms with E-state index in [1.165, 1.54) is 15.9 Å². The first-order valence-electron chi connectivity index (χ1n) is 8.45. The monoisotopic (exact) mass is 363 g/mol. The Morgan fingerprint density at radius 1 is 1.12 bits per heavy atom. The van der Waals surface area contributed by atoms with Crippen molar-refractivity contribution in [2.24, 2.45) is 0 Å². The molecule has 5 nitrogen and oxygen atoms in total. The Morgan fingerprint density at radius 3 is 2.65 bits per heavy atom. The van der Waals surface area contributed by atoms with E-state index in [0.29, 0.717) is 21.9 Å². The SMILES string of the molecule is CCCOc1ccccc1/C=c1/sc2nc(-c3ccccc3)nn2c1=O. The maximum atomic E-state index is 12.7. The Hall–Kier alpha value is -2.99. The molecule has 0 aliphatic rings. The molecule has 0 bridgehead atoms. The van der Waals surface area contributed by atoms with Gasteiger partial charge < -0.3 is 4.74 Å². The van der Waals surface area contributed by atoms with Gasteiger partial charge in [-0.15, -0.1) is 5.10 Å². The number of hydrogen-bond acceptors (Lipinski definition) is 5. The molecule has 0 aliphatic heterocycles. The van der Waals surface area contributed by atoms with Crippen molar-refractivity contribution >= 4 is 22.4 Å². The summed E-state index contributed by atoms with van der Waals surface area (Å²) in [6, 6.07) is 17.4.